The first-order chi connectivity index (χ1) is 11.1. The van der Waals surface area contributed by atoms with Crippen LogP contribution in [0.3, 0.4) is 0 Å². The Balaban J connectivity index is 1.85. The maximum absolute atomic E-state index is 12.6. The molecule has 0 saturated carbocycles. The number of hydrogen-bond acceptors (Lipinski definition) is 5. The van der Waals surface area contributed by atoms with Crippen molar-refractivity contribution in [2.45, 2.75) is 13.8 Å². The molecule has 0 spiro atoms. The Bertz CT molecular complexity index is 777. The van der Waals surface area contributed by atoms with Crippen LogP contribution in [-0.2, 0) is 4.79 Å². The average Bonchev–Trinajstić information content (AvgIpc) is 3.05. The summed E-state index contributed by atoms with van der Waals surface area (Å²) in [5.74, 6) is 2.08. The number of furan rings is 1. The van der Waals surface area contributed by atoms with Crippen molar-refractivity contribution >= 4 is 46.0 Å². The summed E-state index contributed by atoms with van der Waals surface area (Å²) in [4.78, 5) is 14.7. The van der Waals surface area contributed by atoms with E-state index in [0.717, 1.165) is 17.2 Å². The van der Waals surface area contributed by atoms with E-state index in [-0.39, 0.29) is 5.91 Å². The smallest absolute Gasteiger partial charge is 0.270 e. The highest BCUT2D eigenvalue weighted by molar-refractivity contribution is 8.27. The van der Waals surface area contributed by atoms with Crippen molar-refractivity contribution in [1.29, 1.82) is 0 Å². The quantitative estimate of drug-likeness (QED) is 0.607. The van der Waals surface area contributed by atoms with Crippen molar-refractivity contribution in [2.75, 3.05) is 11.5 Å². The zero-order chi connectivity index (χ0) is 16.4. The van der Waals surface area contributed by atoms with Crippen LogP contribution in [-0.4, -0.2) is 16.8 Å². The van der Waals surface area contributed by atoms with Gasteiger partial charge >= 0.3 is 0 Å². The van der Waals surface area contributed by atoms with E-state index in [0.29, 0.717) is 21.6 Å². The van der Waals surface area contributed by atoms with Crippen molar-refractivity contribution in [3.05, 3.63) is 52.8 Å². The lowest BCUT2D eigenvalue weighted by atomic mass is 10.2. The van der Waals surface area contributed by atoms with Crippen LogP contribution in [0.25, 0.3) is 6.08 Å². The number of hydrogen-bond donors (Lipinski definition) is 0. The molecule has 1 fully saturated rings. The number of carbonyl (C=O) groups is 1. The summed E-state index contributed by atoms with van der Waals surface area (Å²) in [6.45, 7) is 4.39. The van der Waals surface area contributed by atoms with E-state index in [4.69, 9.17) is 21.4 Å². The van der Waals surface area contributed by atoms with Gasteiger partial charge in [0.1, 0.15) is 17.3 Å². The van der Waals surface area contributed by atoms with Crippen LogP contribution in [0.15, 0.2) is 45.7 Å². The number of rotatable bonds is 4. The molecule has 2 aromatic rings. The van der Waals surface area contributed by atoms with Gasteiger partial charge in [-0.1, -0.05) is 24.0 Å². The van der Waals surface area contributed by atoms with E-state index in [1.54, 1.807) is 6.08 Å². The molecule has 1 aliphatic heterocycles. The van der Waals surface area contributed by atoms with Gasteiger partial charge in [0, 0.05) is 6.08 Å². The molecule has 1 aliphatic rings. The second-order valence-corrected chi connectivity index (χ2v) is 6.57. The van der Waals surface area contributed by atoms with Crippen LogP contribution in [0.4, 0.5) is 5.69 Å². The SMILES string of the molecule is CCOc1ccc(N2C(=O)/C(=C/c3ccc(C)o3)SC2=S)cc1. The van der Waals surface area contributed by atoms with Crippen LogP contribution in [0.1, 0.15) is 18.4 Å². The zero-order valence-corrected chi connectivity index (χ0v) is 14.4. The molecule has 4 nitrogen and oxygen atoms in total. The molecule has 0 aliphatic carbocycles. The molecule has 0 bridgehead atoms. The Morgan fingerprint density at radius 2 is 2.00 bits per heavy atom. The Labute approximate surface area is 144 Å². The molecule has 1 amide bonds. The van der Waals surface area contributed by atoms with Crippen LogP contribution >= 0.6 is 24.0 Å². The van der Waals surface area contributed by atoms with Gasteiger partial charge in [0.2, 0.25) is 0 Å². The maximum atomic E-state index is 12.6. The molecule has 0 N–H and O–H groups in total. The Morgan fingerprint density at radius 3 is 2.61 bits per heavy atom. The summed E-state index contributed by atoms with van der Waals surface area (Å²) >= 11 is 6.62. The van der Waals surface area contributed by atoms with E-state index < -0.39 is 0 Å². The van der Waals surface area contributed by atoms with Gasteiger partial charge in [-0.2, -0.15) is 0 Å². The lowest BCUT2D eigenvalue weighted by Crippen LogP contribution is -2.27. The minimum atomic E-state index is -0.141. The van der Waals surface area contributed by atoms with E-state index in [1.165, 1.54) is 16.7 Å². The number of benzene rings is 1. The zero-order valence-electron chi connectivity index (χ0n) is 12.7. The maximum Gasteiger partial charge on any atom is 0.270 e. The first-order valence-corrected chi connectivity index (χ1v) is 8.38. The minimum Gasteiger partial charge on any atom is -0.494 e. The molecular weight excluding hydrogens is 330 g/mol. The van der Waals surface area contributed by atoms with Gasteiger partial charge in [-0.15, -0.1) is 0 Å². The number of carbonyl (C=O) groups excluding carboxylic acids is 1. The largest absolute Gasteiger partial charge is 0.494 e. The third kappa shape index (κ3) is 3.33. The molecule has 2 heterocycles. The molecule has 1 aromatic carbocycles. The summed E-state index contributed by atoms with van der Waals surface area (Å²) in [7, 11) is 0. The fraction of sp³-hybridized carbons (Fsp3) is 0.176. The van der Waals surface area contributed by atoms with Gasteiger partial charge in [0.15, 0.2) is 4.32 Å². The Kier molecular flexibility index (Phi) is 4.54. The molecule has 1 saturated heterocycles. The number of thioether (sulfide) groups is 1. The molecule has 118 valence electrons. The Morgan fingerprint density at radius 1 is 1.26 bits per heavy atom. The highest BCUT2D eigenvalue weighted by Gasteiger charge is 2.33. The molecule has 0 atom stereocenters. The molecular formula is C17H15NO3S2. The highest BCUT2D eigenvalue weighted by Crippen LogP contribution is 2.36. The molecule has 0 unspecified atom stereocenters. The summed E-state index contributed by atoms with van der Waals surface area (Å²) < 4.78 is 11.4. The van der Waals surface area contributed by atoms with Crippen LogP contribution in [0, 0.1) is 6.92 Å². The molecule has 1 aromatic heterocycles. The number of ether oxygens (including phenoxy) is 1. The van der Waals surface area contributed by atoms with Crippen LogP contribution in [0.2, 0.25) is 0 Å². The van der Waals surface area contributed by atoms with Crippen molar-refractivity contribution in [2.24, 2.45) is 0 Å². The standard InChI is InChI=1S/C17H15NO3S2/c1-3-20-13-8-5-12(6-9-13)18-16(19)15(23-17(18)22)10-14-7-4-11(2)21-14/h4-10H,3H2,1-2H3/b15-10-. The van der Waals surface area contributed by atoms with E-state index in [1.807, 2.05) is 50.2 Å². The summed E-state index contributed by atoms with van der Waals surface area (Å²) in [5, 5.41) is 0. The summed E-state index contributed by atoms with van der Waals surface area (Å²) in [6.07, 6.45) is 1.72. The van der Waals surface area contributed by atoms with Crippen molar-refractivity contribution in [3.8, 4) is 5.75 Å². The minimum absolute atomic E-state index is 0.141. The number of aryl methyl sites for hydroxylation is 1. The predicted octanol–water partition coefficient (Wildman–Crippen LogP) is 4.39. The number of thiocarbonyl (C=S) groups is 1. The van der Waals surface area contributed by atoms with Crippen LogP contribution < -0.4 is 9.64 Å². The first-order valence-electron chi connectivity index (χ1n) is 7.15. The summed E-state index contributed by atoms with van der Waals surface area (Å²) in [6, 6.07) is 11.0. The number of anilines is 1. The Hall–Kier alpha value is -2.05. The second kappa shape index (κ2) is 6.60. The number of amides is 1. The average molecular weight is 345 g/mol. The second-order valence-electron chi connectivity index (χ2n) is 4.89. The molecule has 6 heteroatoms. The van der Waals surface area contributed by atoms with Gasteiger partial charge in [-0.05, 0) is 50.2 Å². The first kappa shape index (κ1) is 15.8. The van der Waals surface area contributed by atoms with Crippen molar-refractivity contribution in [3.63, 3.8) is 0 Å². The highest BCUT2D eigenvalue weighted by atomic mass is 32.2. The van der Waals surface area contributed by atoms with Crippen molar-refractivity contribution in [1.82, 2.24) is 0 Å². The lowest BCUT2D eigenvalue weighted by Gasteiger charge is -2.15. The van der Waals surface area contributed by atoms with Gasteiger partial charge in [-0.3, -0.25) is 9.69 Å². The van der Waals surface area contributed by atoms with E-state index >= 15 is 0 Å². The fourth-order valence-electron chi connectivity index (χ4n) is 2.21. The normalized spacial score (nSPS) is 16.4. The van der Waals surface area contributed by atoms with Gasteiger partial charge in [0.25, 0.3) is 5.91 Å². The van der Waals surface area contributed by atoms with E-state index in [2.05, 4.69) is 0 Å². The topological polar surface area (TPSA) is 42.7 Å². The number of nitrogens with zero attached hydrogens (tertiary/aromatic N) is 1. The lowest BCUT2D eigenvalue weighted by molar-refractivity contribution is -0.113. The van der Waals surface area contributed by atoms with E-state index in [9.17, 15) is 4.79 Å². The molecule has 23 heavy (non-hydrogen) atoms. The molecule has 3 rings (SSSR count). The van der Waals surface area contributed by atoms with Gasteiger partial charge in [0.05, 0.1) is 17.2 Å². The van der Waals surface area contributed by atoms with Gasteiger partial charge in [-0.25, -0.2) is 0 Å². The van der Waals surface area contributed by atoms with Crippen molar-refractivity contribution < 1.29 is 13.9 Å². The molecule has 0 radical (unpaired) electrons. The third-order valence-corrected chi connectivity index (χ3v) is 4.54. The monoisotopic (exact) mass is 345 g/mol. The fourth-order valence-corrected chi connectivity index (χ4v) is 3.49. The third-order valence-electron chi connectivity index (χ3n) is 3.23. The predicted molar refractivity (Wildman–Crippen MR) is 96.7 cm³/mol. The van der Waals surface area contributed by atoms with Gasteiger partial charge < -0.3 is 9.15 Å². The van der Waals surface area contributed by atoms with Crippen LogP contribution in [0.5, 0.6) is 5.75 Å². The summed E-state index contributed by atoms with van der Waals surface area (Å²) in [5.41, 5.74) is 0.731.